The molecule has 0 unspecified atom stereocenters. The molecule has 2 rings (SSSR count). The van der Waals surface area contributed by atoms with Gasteiger partial charge in [-0.05, 0) is 43.8 Å². The van der Waals surface area contributed by atoms with Crippen molar-refractivity contribution in [1.29, 1.82) is 0 Å². The Morgan fingerprint density at radius 1 is 1.64 bits per heavy atom. The molecular weight excluding hydrogens is 154 g/mol. The molecule has 0 aromatic carbocycles. The Hall–Kier alpha value is -0.370. The van der Waals surface area contributed by atoms with Crippen LogP contribution >= 0.6 is 11.5 Å². The minimum atomic E-state index is 0.561. The van der Waals surface area contributed by atoms with E-state index in [1.807, 2.05) is 0 Å². The topological polar surface area (TPSA) is 12.9 Å². The summed E-state index contributed by atoms with van der Waals surface area (Å²) in [7, 11) is 0. The molecule has 0 aliphatic heterocycles. The number of hydrogen-bond acceptors (Lipinski definition) is 2. The molecule has 1 aliphatic rings. The molecule has 0 radical (unpaired) electrons. The lowest BCUT2D eigenvalue weighted by atomic mass is 10.0. The van der Waals surface area contributed by atoms with Crippen LogP contribution in [0.4, 0.5) is 0 Å². The molecule has 0 atom stereocenters. The molecule has 1 aromatic heterocycles. The summed E-state index contributed by atoms with van der Waals surface area (Å²) in [6, 6.07) is 2.25. The van der Waals surface area contributed by atoms with Crippen LogP contribution in [0.3, 0.4) is 0 Å². The maximum atomic E-state index is 4.31. The first kappa shape index (κ1) is 7.29. The summed E-state index contributed by atoms with van der Waals surface area (Å²) in [5, 5.41) is 0. The van der Waals surface area contributed by atoms with Gasteiger partial charge >= 0.3 is 0 Å². The zero-order valence-electron chi connectivity index (χ0n) is 7.05. The SMILES string of the molecule is CCC1(c2cc(C)ns2)CC1. The predicted molar refractivity (Wildman–Crippen MR) is 48.1 cm³/mol. The van der Waals surface area contributed by atoms with E-state index in [0.717, 1.165) is 0 Å². The van der Waals surface area contributed by atoms with E-state index in [1.165, 1.54) is 29.8 Å². The van der Waals surface area contributed by atoms with Gasteiger partial charge in [-0.25, -0.2) is 0 Å². The Morgan fingerprint density at radius 3 is 2.73 bits per heavy atom. The van der Waals surface area contributed by atoms with Crippen molar-refractivity contribution >= 4 is 11.5 Å². The molecule has 0 amide bonds. The Labute approximate surface area is 71.6 Å². The third kappa shape index (κ3) is 1.09. The number of nitrogens with zero attached hydrogens (tertiary/aromatic N) is 1. The normalized spacial score (nSPS) is 20.2. The monoisotopic (exact) mass is 167 g/mol. The zero-order valence-corrected chi connectivity index (χ0v) is 7.87. The first-order chi connectivity index (χ1) is 5.27. The van der Waals surface area contributed by atoms with Gasteiger partial charge in [-0.15, -0.1) is 0 Å². The fraction of sp³-hybridized carbons (Fsp3) is 0.667. The summed E-state index contributed by atoms with van der Waals surface area (Å²) >= 11 is 1.69. The van der Waals surface area contributed by atoms with Gasteiger partial charge < -0.3 is 0 Å². The van der Waals surface area contributed by atoms with Crippen molar-refractivity contribution < 1.29 is 0 Å². The molecule has 2 heteroatoms. The smallest absolute Gasteiger partial charge is 0.0514 e. The van der Waals surface area contributed by atoms with E-state index in [9.17, 15) is 0 Å². The van der Waals surface area contributed by atoms with Crippen LogP contribution in [-0.4, -0.2) is 4.37 Å². The summed E-state index contributed by atoms with van der Waals surface area (Å²) < 4.78 is 4.31. The minimum Gasteiger partial charge on any atom is -0.198 e. The van der Waals surface area contributed by atoms with Crippen molar-refractivity contribution in [1.82, 2.24) is 4.37 Å². The summed E-state index contributed by atoms with van der Waals surface area (Å²) in [4.78, 5) is 1.51. The van der Waals surface area contributed by atoms with Gasteiger partial charge in [-0.3, -0.25) is 0 Å². The summed E-state index contributed by atoms with van der Waals surface area (Å²) in [5.74, 6) is 0. The van der Waals surface area contributed by atoms with Crippen LogP contribution in [0.2, 0.25) is 0 Å². The van der Waals surface area contributed by atoms with E-state index in [0.29, 0.717) is 5.41 Å². The lowest BCUT2D eigenvalue weighted by Crippen LogP contribution is -2.00. The van der Waals surface area contributed by atoms with Gasteiger partial charge in [-0.2, -0.15) is 4.37 Å². The summed E-state index contributed by atoms with van der Waals surface area (Å²) in [6.07, 6.45) is 4.05. The molecule has 0 spiro atoms. The lowest BCUT2D eigenvalue weighted by molar-refractivity contribution is 0.678. The van der Waals surface area contributed by atoms with Crippen LogP contribution in [0.1, 0.15) is 36.8 Å². The molecule has 1 heterocycles. The van der Waals surface area contributed by atoms with Crippen molar-refractivity contribution in [3.05, 3.63) is 16.6 Å². The first-order valence-corrected chi connectivity index (χ1v) is 4.98. The van der Waals surface area contributed by atoms with E-state index < -0.39 is 0 Å². The molecule has 0 N–H and O–H groups in total. The number of hydrogen-bond donors (Lipinski definition) is 0. The molecular formula is C9H13NS. The number of aromatic nitrogens is 1. The van der Waals surface area contributed by atoms with Crippen LogP contribution in [0.25, 0.3) is 0 Å². The molecule has 1 nitrogen and oxygen atoms in total. The number of rotatable bonds is 2. The first-order valence-electron chi connectivity index (χ1n) is 4.21. The van der Waals surface area contributed by atoms with E-state index in [-0.39, 0.29) is 0 Å². The minimum absolute atomic E-state index is 0.561. The van der Waals surface area contributed by atoms with Gasteiger partial charge in [0.05, 0.1) is 5.69 Å². The van der Waals surface area contributed by atoms with E-state index in [4.69, 9.17) is 0 Å². The highest BCUT2D eigenvalue weighted by Crippen LogP contribution is 2.52. The predicted octanol–water partition coefficient (Wildman–Crippen LogP) is 2.89. The van der Waals surface area contributed by atoms with E-state index in [2.05, 4.69) is 24.3 Å². The molecule has 0 saturated heterocycles. The van der Waals surface area contributed by atoms with Gasteiger partial charge in [0.25, 0.3) is 0 Å². The van der Waals surface area contributed by atoms with Crippen molar-refractivity contribution in [2.45, 2.75) is 38.5 Å². The molecule has 1 aliphatic carbocycles. The second-order valence-electron chi connectivity index (χ2n) is 3.47. The zero-order chi connectivity index (χ0) is 7.90. The Bertz CT molecular complexity index is 260. The Morgan fingerprint density at radius 2 is 2.36 bits per heavy atom. The van der Waals surface area contributed by atoms with E-state index >= 15 is 0 Å². The van der Waals surface area contributed by atoms with Gasteiger partial charge in [-0.1, -0.05) is 6.92 Å². The maximum absolute atomic E-state index is 4.31. The standard InChI is InChI=1S/C9H13NS/c1-3-9(4-5-9)8-6-7(2)10-11-8/h6H,3-5H2,1-2H3. The van der Waals surface area contributed by atoms with Gasteiger partial charge in [0.1, 0.15) is 0 Å². The maximum Gasteiger partial charge on any atom is 0.0514 e. The molecule has 11 heavy (non-hydrogen) atoms. The lowest BCUT2D eigenvalue weighted by Gasteiger charge is -2.06. The second-order valence-corrected chi connectivity index (χ2v) is 4.27. The van der Waals surface area contributed by atoms with Gasteiger partial charge in [0.2, 0.25) is 0 Å². The van der Waals surface area contributed by atoms with E-state index in [1.54, 1.807) is 11.5 Å². The summed E-state index contributed by atoms with van der Waals surface area (Å²) in [6.45, 7) is 4.35. The van der Waals surface area contributed by atoms with Crippen molar-refractivity contribution in [2.75, 3.05) is 0 Å². The highest BCUT2D eigenvalue weighted by atomic mass is 32.1. The molecule has 1 aromatic rings. The van der Waals surface area contributed by atoms with Crippen LogP contribution < -0.4 is 0 Å². The fourth-order valence-corrected chi connectivity index (χ4v) is 2.60. The van der Waals surface area contributed by atoms with Crippen molar-refractivity contribution in [3.8, 4) is 0 Å². The Kier molecular flexibility index (Phi) is 1.53. The molecule has 0 bridgehead atoms. The number of aryl methyl sites for hydroxylation is 1. The van der Waals surface area contributed by atoms with Crippen LogP contribution in [0.15, 0.2) is 6.07 Å². The highest BCUT2D eigenvalue weighted by Gasteiger charge is 2.43. The van der Waals surface area contributed by atoms with Gasteiger partial charge in [0, 0.05) is 10.3 Å². The van der Waals surface area contributed by atoms with Crippen LogP contribution in [-0.2, 0) is 5.41 Å². The van der Waals surface area contributed by atoms with Crippen LogP contribution in [0, 0.1) is 6.92 Å². The summed E-state index contributed by atoms with van der Waals surface area (Å²) in [5.41, 5.74) is 1.75. The quantitative estimate of drug-likeness (QED) is 0.660. The third-order valence-corrected chi connectivity index (χ3v) is 3.81. The van der Waals surface area contributed by atoms with Gasteiger partial charge in [0.15, 0.2) is 0 Å². The molecule has 60 valence electrons. The van der Waals surface area contributed by atoms with Crippen LogP contribution in [0.5, 0.6) is 0 Å². The molecule has 1 saturated carbocycles. The highest BCUT2D eigenvalue weighted by molar-refractivity contribution is 7.06. The second kappa shape index (κ2) is 2.31. The largest absolute Gasteiger partial charge is 0.198 e. The Balaban J connectivity index is 2.29. The van der Waals surface area contributed by atoms with Crippen molar-refractivity contribution in [2.24, 2.45) is 0 Å². The van der Waals surface area contributed by atoms with Crippen molar-refractivity contribution in [3.63, 3.8) is 0 Å². The molecule has 1 fully saturated rings. The average Bonchev–Trinajstić information content (AvgIpc) is 2.70. The average molecular weight is 167 g/mol. The fourth-order valence-electron chi connectivity index (χ4n) is 1.54. The third-order valence-electron chi connectivity index (χ3n) is 2.68.